The molecule has 1 heterocycles. The molecular weight excluding hydrogens is 377 g/mol. The quantitative estimate of drug-likeness (QED) is 0.775. The van der Waals surface area contributed by atoms with Crippen LogP contribution < -0.4 is 10.1 Å². The van der Waals surface area contributed by atoms with Crippen LogP contribution in [0.5, 0.6) is 5.75 Å². The molecule has 130 valence electrons. The second kappa shape index (κ2) is 8.32. The van der Waals surface area contributed by atoms with E-state index in [1.54, 1.807) is 0 Å². The van der Waals surface area contributed by atoms with Gasteiger partial charge in [-0.15, -0.1) is 13.2 Å². The molecule has 0 aromatic heterocycles. The maximum absolute atomic E-state index is 12.5. The van der Waals surface area contributed by atoms with Gasteiger partial charge in [-0.1, -0.05) is 15.9 Å². The highest BCUT2D eigenvalue weighted by molar-refractivity contribution is 9.10. The lowest BCUT2D eigenvalue weighted by atomic mass is 9.99. The van der Waals surface area contributed by atoms with Crippen molar-refractivity contribution >= 4 is 15.9 Å². The summed E-state index contributed by atoms with van der Waals surface area (Å²) in [5.41, 5.74) is 0.758. The fourth-order valence-corrected chi connectivity index (χ4v) is 3.30. The van der Waals surface area contributed by atoms with Gasteiger partial charge in [0.15, 0.2) is 0 Å². The average Bonchev–Trinajstić information content (AvgIpc) is 2.46. The lowest BCUT2D eigenvalue weighted by Gasteiger charge is -2.35. The van der Waals surface area contributed by atoms with Gasteiger partial charge in [0.25, 0.3) is 0 Å². The van der Waals surface area contributed by atoms with Crippen molar-refractivity contribution < 1.29 is 23.0 Å². The van der Waals surface area contributed by atoms with Gasteiger partial charge in [0.2, 0.25) is 0 Å². The molecule has 23 heavy (non-hydrogen) atoms. The molecule has 0 radical (unpaired) electrons. The molecule has 1 aliphatic heterocycles. The van der Waals surface area contributed by atoms with E-state index in [9.17, 15) is 13.2 Å². The van der Waals surface area contributed by atoms with Crippen LogP contribution in [-0.2, 0) is 0 Å². The van der Waals surface area contributed by atoms with Gasteiger partial charge in [-0.25, -0.2) is 0 Å². The van der Waals surface area contributed by atoms with Gasteiger partial charge in [0.05, 0.1) is 0 Å². The second-order valence-electron chi connectivity index (χ2n) is 5.44. The third kappa shape index (κ3) is 5.95. The van der Waals surface area contributed by atoms with E-state index < -0.39 is 6.36 Å². The van der Waals surface area contributed by atoms with Gasteiger partial charge in [0, 0.05) is 43.3 Å². The number of benzene rings is 1. The van der Waals surface area contributed by atoms with Crippen LogP contribution in [0.1, 0.15) is 24.4 Å². The Bertz CT molecular complexity index is 508. The molecule has 4 nitrogen and oxygen atoms in total. The van der Waals surface area contributed by atoms with E-state index in [1.165, 1.54) is 12.1 Å². The molecule has 1 atom stereocenters. The molecule has 2 rings (SSSR count). The number of aliphatic hydroxyl groups excluding tert-OH is 1. The Morgan fingerprint density at radius 3 is 2.57 bits per heavy atom. The lowest BCUT2D eigenvalue weighted by molar-refractivity contribution is -0.274. The highest BCUT2D eigenvalue weighted by Crippen LogP contribution is 2.33. The summed E-state index contributed by atoms with van der Waals surface area (Å²) in [5, 5.41) is 12.4. The Hall–Kier alpha value is -0.830. The summed E-state index contributed by atoms with van der Waals surface area (Å²) in [4.78, 5) is 2.23. The van der Waals surface area contributed by atoms with E-state index in [1.807, 2.05) is 6.07 Å². The molecule has 0 spiro atoms. The van der Waals surface area contributed by atoms with Crippen LogP contribution in [0, 0.1) is 0 Å². The zero-order valence-electron chi connectivity index (χ0n) is 12.6. The van der Waals surface area contributed by atoms with Crippen LogP contribution in [0.2, 0.25) is 0 Å². The number of hydrogen-bond acceptors (Lipinski definition) is 4. The lowest BCUT2D eigenvalue weighted by Crippen LogP contribution is -2.45. The van der Waals surface area contributed by atoms with Gasteiger partial charge < -0.3 is 15.2 Å². The molecule has 0 bridgehead atoms. The van der Waals surface area contributed by atoms with Crippen molar-refractivity contribution in [2.75, 3.05) is 32.8 Å². The topological polar surface area (TPSA) is 44.7 Å². The van der Waals surface area contributed by atoms with E-state index in [-0.39, 0.29) is 18.4 Å². The van der Waals surface area contributed by atoms with Crippen LogP contribution in [0.3, 0.4) is 0 Å². The summed E-state index contributed by atoms with van der Waals surface area (Å²) in [6.07, 6.45) is -3.44. The van der Waals surface area contributed by atoms with Crippen molar-refractivity contribution in [1.29, 1.82) is 0 Å². The highest BCUT2D eigenvalue weighted by Gasteiger charge is 2.32. The van der Waals surface area contributed by atoms with E-state index >= 15 is 0 Å². The maximum Gasteiger partial charge on any atom is 0.573 e. The smallest absolute Gasteiger partial charge is 0.406 e. The van der Waals surface area contributed by atoms with Gasteiger partial charge in [-0.05, 0) is 36.6 Å². The standard InChI is InChI=1S/C15H20BrF3N2O2/c16-12-8-11(9-13(10-12)23-15(17,18)19)14(2-1-7-22)21-5-3-20-4-6-21/h8-10,14,20,22H,1-7H2/t14-/m1/s1. The number of nitrogens with one attached hydrogen (secondary N) is 1. The molecule has 8 heteroatoms. The molecule has 2 N–H and O–H groups in total. The molecule has 0 aliphatic carbocycles. The minimum atomic E-state index is -4.71. The normalized spacial score (nSPS) is 18.0. The summed E-state index contributed by atoms with van der Waals surface area (Å²) < 4.78 is 42.0. The number of aliphatic hydroxyl groups is 1. The number of halogens is 4. The molecule has 1 aromatic carbocycles. The molecule has 0 unspecified atom stereocenters. The summed E-state index contributed by atoms with van der Waals surface area (Å²) in [5.74, 6) is -0.231. The molecule has 0 amide bonds. The number of ether oxygens (including phenoxy) is 1. The van der Waals surface area contributed by atoms with E-state index in [4.69, 9.17) is 5.11 Å². The Morgan fingerprint density at radius 2 is 1.96 bits per heavy atom. The van der Waals surface area contributed by atoms with E-state index in [0.717, 1.165) is 31.7 Å². The minimum Gasteiger partial charge on any atom is -0.406 e. The molecule has 1 aromatic rings. The average molecular weight is 397 g/mol. The first-order chi connectivity index (χ1) is 10.9. The zero-order valence-corrected chi connectivity index (χ0v) is 14.2. The van der Waals surface area contributed by atoms with Crippen LogP contribution in [0.25, 0.3) is 0 Å². The maximum atomic E-state index is 12.5. The summed E-state index contributed by atoms with van der Waals surface area (Å²) in [6, 6.07) is 4.50. The Labute approximate surface area is 141 Å². The van der Waals surface area contributed by atoms with Crippen molar-refractivity contribution in [3.63, 3.8) is 0 Å². The fourth-order valence-electron chi connectivity index (χ4n) is 2.81. The van der Waals surface area contributed by atoms with Crippen LogP contribution in [0.4, 0.5) is 13.2 Å². The van der Waals surface area contributed by atoms with Gasteiger partial charge in [0.1, 0.15) is 5.75 Å². The zero-order chi connectivity index (χ0) is 16.9. The molecule has 1 saturated heterocycles. The van der Waals surface area contributed by atoms with Gasteiger partial charge in [-0.2, -0.15) is 0 Å². The Morgan fingerprint density at radius 1 is 1.26 bits per heavy atom. The number of hydrogen-bond donors (Lipinski definition) is 2. The Kier molecular flexibility index (Phi) is 6.70. The van der Waals surface area contributed by atoms with Crippen molar-refractivity contribution in [2.45, 2.75) is 25.2 Å². The van der Waals surface area contributed by atoms with Crippen molar-refractivity contribution in [3.05, 3.63) is 28.2 Å². The number of piperazine rings is 1. The number of alkyl halides is 3. The largest absolute Gasteiger partial charge is 0.573 e. The molecule has 0 saturated carbocycles. The predicted octanol–water partition coefficient (Wildman–Crippen LogP) is 3.07. The first-order valence-corrected chi connectivity index (χ1v) is 8.30. The molecule has 1 fully saturated rings. The third-order valence-corrected chi connectivity index (χ3v) is 4.20. The summed E-state index contributed by atoms with van der Waals surface area (Å²) in [6.45, 7) is 3.38. The third-order valence-electron chi connectivity index (χ3n) is 3.74. The summed E-state index contributed by atoms with van der Waals surface area (Å²) >= 11 is 3.25. The highest BCUT2D eigenvalue weighted by atomic mass is 79.9. The van der Waals surface area contributed by atoms with Gasteiger partial charge >= 0.3 is 6.36 Å². The summed E-state index contributed by atoms with van der Waals surface area (Å²) in [7, 11) is 0. The van der Waals surface area contributed by atoms with E-state index in [2.05, 4.69) is 30.9 Å². The number of rotatable bonds is 6. The van der Waals surface area contributed by atoms with Crippen LogP contribution >= 0.6 is 15.9 Å². The Balaban J connectivity index is 2.25. The first-order valence-electron chi connectivity index (χ1n) is 7.51. The van der Waals surface area contributed by atoms with Crippen LogP contribution in [0.15, 0.2) is 22.7 Å². The van der Waals surface area contributed by atoms with Crippen molar-refractivity contribution in [1.82, 2.24) is 10.2 Å². The molecular formula is C15H20BrF3N2O2. The number of nitrogens with zero attached hydrogens (tertiary/aromatic N) is 1. The predicted molar refractivity (Wildman–Crippen MR) is 84.3 cm³/mol. The fraction of sp³-hybridized carbons (Fsp3) is 0.600. The van der Waals surface area contributed by atoms with Gasteiger partial charge in [-0.3, -0.25) is 4.90 Å². The van der Waals surface area contributed by atoms with Crippen molar-refractivity contribution in [2.24, 2.45) is 0 Å². The molecule has 1 aliphatic rings. The monoisotopic (exact) mass is 396 g/mol. The minimum absolute atomic E-state index is 0.0441. The first kappa shape index (κ1) is 18.5. The van der Waals surface area contributed by atoms with Crippen molar-refractivity contribution in [3.8, 4) is 5.75 Å². The van der Waals surface area contributed by atoms with Crippen LogP contribution in [-0.4, -0.2) is 49.2 Å². The van der Waals surface area contributed by atoms with E-state index in [0.29, 0.717) is 17.3 Å². The second-order valence-corrected chi connectivity index (χ2v) is 6.35. The SMILES string of the molecule is OCCC[C@H](c1cc(Br)cc(OC(F)(F)F)c1)N1CCNCC1.